The minimum absolute atomic E-state index is 0.0842. The summed E-state index contributed by atoms with van der Waals surface area (Å²) >= 11 is 12.1. The smallest absolute Gasteiger partial charge is 0.422 e. The lowest BCUT2D eigenvalue weighted by molar-refractivity contribution is -0.153. The molecule has 3 aromatic carbocycles. The summed E-state index contributed by atoms with van der Waals surface area (Å²) < 4.78 is 77.8. The molecule has 6 rings (SSSR count). The normalized spacial score (nSPS) is 14.2. The van der Waals surface area contributed by atoms with Crippen molar-refractivity contribution in [2.45, 2.75) is 17.6 Å². The van der Waals surface area contributed by atoms with E-state index in [0.717, 1.165) is 16.5 Å². The fourth-order valence-corrected chi connectivity index (χ4v) is 7.29. The number of aryl methyl sites for hydroxylation is 1. The number of carbonyl (C=O) groups is 1. The lowest BCUT2D eigenvalue weighted by atomic mass is 10.2. The van der Waals surface area contributed by atoms with Crippen LogP contribution in [0.1, 0.15) is 16.1 Å². The van der Waals surface area contributed by atoms with Crippen LogP contribution in [0.25, 0.3) is 10.9 Å². The van der Waals surface area contributed by atoms with Gasteiger partial charge in [-0.3, -0.25) is 14.4 Å². The van der Waals surface area contributed by atoms with Crippen LogP contribution in [0.5, 0.6) is 17.4 Å². The molecule has 262 valence electrons. The molecule has 10 nitrogen and oxygen atoms in total. The van der Waals surface area contributed by atoms with Gasteiger partial charge < -0.3 is 18.9 Å². The highest BCUT2D eigenvalue weighted by atomic mass is 35.5. The molecule has 5 aromatic rings. The van der Waals surface area contributed by atoms with Gasteiger partial charge in [0.05, 0.1) is 27.4 Å². The summed E-state index contributed by atoms with van der Waals surface area (Å²) in [6.45, 7) is 1.59. The molecule has 0 atom stereocenters. The summed E-state index contributed by atoms with van der Waals surface area (Å²) in [5.74, 6) is 0.751. The molecule has 1 aliphatic rings. The summed E-state index contributed by atoms with van der Waals surface area (Å²) in [6.07, 6.45) is -3.08. The van der Waals surface area contributed by atoms with Gasteiger partial charge in [0.15, 0.2) is 6.61 Å². The van der Waals surface area contributed by atoms with E-state index in [4.69, 9.17) is 32.7 Å². The van der Waals surface area contributed by atoms with Gasteiger partial charge in [-0.1, -0.05) is 41.4 Å². The third-order valence-corrected chi connectivity index (χ3v) is 10.4. The van der Waals surface area contributed by atoms with Gasteiger partial charge in [0, 0.05) is 57.3 Å². The molecule has 1 N–H and O–H groups in total. The van der Waals surface area contributed by atoms with Crippen molar-refractivity contribution < 1.29 is 35.9 Å². The van der Waals surface area contributed by atoms with E-state index in [-0.39, 0.29) is 38.2 Å². The van der Waals surface area contributed by atoms with Crippen LogP contribution in [0.3, 0.4) is 0 Å². The van der Waals surface area contributed by atoms with Gasteiger partial charge in [0.1, 0.15) is 22.1 Å². The molecule has 0 saturated carbocycles. The van der Waals surface area contributed by atoms with E-state index in [0.29, 0.717) is 44.2 Å². The van der Waals surface area contributed by atoms with Crippen LogP contribution in [-0.2, 0) is 23.6 Å². The number of rotatable bonds is 10. The number of pyridine rings is 1. The number of carbonyl (C=O) groups excluding carboxylic acids is 1. The van der Waals surface area contributed by atoms with Crippen molar-refractivity contribution in [1.82, 2.24) is 19.4 Å². The van der Waals surface area contributed by atoms with Gasteiger partial charge in [-0.2, -0.15) is 13.2 Å². The standard InChI is InChI=1S/C34H30Cl2F3N5O5S/c1-42-28-18-26(49-31-12-8-24(19-40-31)41-50(46,47)30-4-2-3-27(35)32(30)36)11-7-23(28)17-29(42)33(45)44-15-13-43(14-16-44)20-22-5-9-25(10-6-22)48-21-34(37,38)39/h2-12,17-19,41H,13-16,20-21H2,1H3. The number of alkyl halides is 3. The molecule has 3 heterocycles. The number of benzene rings is 3. The molecule has 0 aliphatic carbocycles. The lowest BCUT2D eigenvalue weighted by Gasteiger charge is -2.34. The Morgan fingerprint density at radius 2 is 1.66 bits per heavy atom. The zero-order chi connectivity index (χ0) is 35.6. The van der Waals surface area contributed by atoms with Gasteiger partial charge in [-0.05, 0) is 54.1 Å². The van der Waals surface area contributed by atoms with E-state index in [1.807, 2.05) is 23.7 Å². The lowest BCUT2D eigenvalue weighted by Crippen LogP contribution is -2.48. The summed E-state index contributed by atoms with van der Waals surface area (Å²) in [5, 5.41) is 0.880. The summed E-state index contributed by atoms with van der Waals surface area (Å²) in [4.78, 5) is 21.6. The van der Waals surface area contributed by atoms with Gasteiger partial charge >= 0.3 is 6.18 Å². The summed E-state index contributed by atoms with van der Waals surface area (Å²) in [5.41, 5.74) is 2.43. The summed E-state index contributed by atoms with van der Waals surface area (Å²) in [6, 6.07) is 21.1. The summed E-state index contributed by atoms with van der Waals surface area (Å²) in [7, 11) is -2.21. The van der Waals surface area contributed by atoms with Crippen LogP contribution < -0.4 is 14.2 Å². The van der Waals surface area contributed by atoms with Gasteiger partial charge in [0.2, 0.25) is 5.88 Å². The molecule has 2 aromatic heterocycles. The molecule has 1 aliphatic heterocycles. The number of hydrogen-bond donors (Lipinski definition) is 1. The molecular formula is C34H30Cl2F3N5O5S. The number of ether oxygens (including phenoxy) is 2. The molecule has 0 spiro atoms. The highest BCUT2D eigenvalue weighted by Gasteiger charge is 2.29. The fourth-order valence-electron chi connectivity index (χ4n) is 5.49. The average molecular weight is 749 g/mol. The number of aromatic nitrogens is 2. The van der Waals surface area contributed by atoms with Crippen molar-refractivity contribution in [3.05, 3.63) is 106 Å². The number of amides is 1. The van der Waals surface area contributed by atoms with Crippen molar-refractivity contribution in [2.75, 3.05) is 37.5 Å². The highest BCUT2D eigenvalue weighted by molar-refractivity contribution is 7.92. The first-order chi connectivity index (χ1) is 23.8. The first-order valence-electron chi connectivity index (χ1n) is 15.3. The number of nitrogens with one attached hydrogen (secondary N) is 1. The third kappa shape index (κ3) is 8.27. The largest absolute Gasteiger partial charge is 0.484 e. The monoisotopic (exact) mass is 747 g/mol. The third-order valence-electron chi connectivity index (χ3n) is 8.04. The zero-order valence-electron chi connectivity index (χ0n) is 26.5. The van der Waals surface area contributed by atoms with E-state index >= 15 is 0 Å². The van der Waals surface area contributed by atoms with E-state index < -0.39 is 22.8 Å². The second-order valence-corrected chi connectivity index (χ2v) is 14.0. The topological polar surface area (TPSA) is 106 Å². The maximum Gasteiger partial charge on any atom is 0.422 e. The Kier molecular flexibility index (Phi) is 10.2. The van der Waals surface area contributed by atoms with E-state index in [1.165, 1.54) is 48.7 Å². The molecule has 0 bridgehead atoms. The van der Waals surface area contributed by atoms with Crippen LogP contribution in [0, 0.1) is 0 Å². The highest BCUT2D eigenvalue weighted by Crippen LogP contribution is 2.31. The molecule has 16 heteroatoms. The van der Waals surface area contributed by atoms with Crippen LogP contribution in [0.4, 0.5) is 18.9 Å². The number of anilines is 1. The number of hydrogen-bond acceptors (Lipinski definition) is 7. The van der Waals surface area contributed by atoms with Gasteiger partial charge in [-0.25, -0.2) is 13.4 Å². The quantitative estimate of drug-likeness (QED) is 0.159. The molecular weight excluding hydrogens is 718 g/mol. The number of fused-ring (bicyclic) bond motifs is 1. The Labute approximate surface area is 296 Å². The SMILES string of the molecule is Cn1c(C(=O)N2CCN(Cc3ccc(OCC(F)(F)F)cc3)CC2)cc2ccc(Oc3ccc(NS(=O)(=O)c4cccc(Cl)c4Cl)cn3)cc21. The van der Waals surface area contributed by atoms with Crippen LogP contribution in [-0.4, -0.2) is 72.6 Å². The first-order valence-corrected chi connectivity index (χ1v) is 17.5. The number of sulfonamides is 1. The Balaban J connectivity index is 1.05. The Bertz CT molecular complexity index is 2120. The van der Waals surface area contributed by atoms with Crippen molar-refractivity contribution in [2.24, 2.45) is 7.05 Å². The van der Waals surface area contributed by atoms with Crippen molar-refractivity contribution in [1.29, 1.82) is 0 Å². The molecule has 50 heavy (non-hydrogen) atoms. The molecule has 1 fully saturated rings. The minimum atomic E-state index is -4.39. The van der Waals surface area contributed by atoms with E-state index in [2.05, 4.69) is 14.6 Å². The zero-order valence-corrected chi connectivity index (χ0v) is 28.8. The minimum Gasteiger partial charge on any atom is -0.484 e. The number of halogens is 5. The maximum absolute atomic E-state index is 13.5. The first kappa shape index (κ1) is 35.3. The van der Waals surface area contributed by atoms with Crippen LogP contribution >= 0.6 is 23.2 Å². The maximum atomic E-state index is 13.5. The van der Waals surface area contributed by atoms with Crippen LogP contribution in [0.15, 0.2) is 90.0 Å². The predicted octanol–water partition coefficient (Wildman–Crippen LogP) is 7.37. The van der Waals surface area contributed by atoms with Crippen molar-refractivity contribution >= 4 is 55.7 Å². The van der Waals surface area contributed by atoms with E-state index in [1.54, 1.807) is 29.2 Å². The molecule has 0 radical (unpaired) electrons. The Morgan fingerprint density at radius 3 is 2.34 bits per heavy atom. The second kappa shape index (κ2) is 14.4. The molecule has 1 saturated heterocycles. The van der Waals surface area contributed by atoms with Gasteiger partial charge in [0.25, 0.3) is 15.9 Å². The van der Waals surface area contributed by atoms with Crippen molar-refractivity contribution in [3.8, 4) is 17.4 Å². The fraction of sp³-hybridized carbons (Fsp3) is 0.235. The Hall–Kier alpha value is -4.50. The van der Waals surface area contributed by atoms with Crippen LogP contribution in [0.2, 0.25) is 10.0 Å². The number of piperazine rings is 1. The Morgan fingerprint density at radius 1 is 0.940 bits per heavy atom. The predicted molar refractivity (Wildman–Crippen MR) is 184 cm³/mol. The number of nitrogens with zero attached hydrogens (tertiary/aromatic N) is 4. The van der Waals surface area contributed by atoms with E-state index in [9.17, 15) is 26.4 Å². The average Bonchev–Trinajstić information content (AvgIpc) is 3.41. The second-order valence-electron chi connectivity index (χ2n) is 11.6. The molecule has 1 amide bonds. The van der Waals surface area contributed by atoms with Crippen molar-refractivity contribution in [3.63, 3.8) is 0 Å². The van der Waals surface area contributed by atoms with Gasteiger partial charge in [-0.15, -0.1) is 0 Å². The molecule has 0 unspecified atom stereocenters.